The van der Waals surface area contributed by atoms with Gasteiger partial charge >= 0.3 is 5.97 Å². The number of aliphatic hydroxyl groups excluding tert-OH is 1. The highest BCUT2D eigenvalue weighted by Crippen LogP contribution is 2.64. The van der Waals surface area contributed by atoms with Gasteiger partial charge in [0.1, 0.15) is 5.82 Å². The van der Waals surface area contributed by atoms with Crippen LogP contribution in [0.25, 0.3) is 0 Å². The van der Waals surface area contributed by atoms with E-state index in [4.69, 9.17) is 5.11 Å². The third kappa shape index (κ3) is 2.24. The molecular weight excluding hydrogens is 258 g/mol. The van der Waals surface area contributed by atoms with Gasteiger partial charge in [-0.3, -0.25) is 0 Å². The van der Waals surface area contributed by atoms with Crippen molar-refractivity contribution >= 4 is 11.8 Å². The van der Waals surface area contributed by atoms with E-state index in [0.29, 0.717) is 17.8 Å². The summed E-state index contributed by atoms with van der Waals surface area (Å²) in [5, 5.41) is 21.5. The molecule has 20 heavy (non-hydrogen) atoms. The summed E-state index contributed by atoms with van der Waals surface area (Å²) in [4.78, 5) is 18.5. The average Bonchev–Trinajstić information content (AvgIpc) is 2.36. The lowest BCUT2D eigenvalue weighted by Crippen LogP contribution is -2.55. The number of hydrogen-bond donors (Lipinski definition) is 3. The van der Waals surface area contributed by atoms with Crippen LogP contribution in [0.1, 0.15) is 42.6 Å². The van der Waals surface area contributed by atoms with Crippen molar-refractivity contribution in [1.29, 1.82) is 0 Å². The summed E-state index contributed by atoms with van der Waals surface area (Å²) in [6, 6.07) is 0. The molecule has 1 heterocycles. The Morgan fingerprint density at radius 3 is 2.50 bits per heavy atom. The van der Waals surface area contributed by atoms with Crippen LogP contribution in [0.5, 0.6) is 0 Å². The maximum absolute atomic E-state index is 10.7. The van der Waals surface area contributed by atoms with Gasteiger partial charge in [0.05, 0.1) is 19.0 Å². The van der Waals surface area contributed by atoms with E-state index in [2.05, 4.69) is 15.3 Å². The molecule has 6 nitrogen and oxygen atoms in total. The molecule has 0 unspecified atom stereocenters. The number of anilines is 1. The summed E-state index contributed by atoms with van der Waals surface area (Å²) in [6.45, 7) is 0.842. The number of aromatic carboxylic acids is 1. The maximum atomic E-state index is 10.7. The minimum Gasteiger partial charge on any atom is -0.476 e. The predicted octanol–water partition coefficient (Wildman–Crippen LogP) is 1.53. The van der Waals surface area contributed by atoms with E-state index in [1.165, 1.54) is 31.7 Å². The minimum absolute atomic E-state index is 0.0480. The summed E-state index contributed by atoms with van der Waals surface area (Å²) < 4.78 is 0. The van der Waals surface area contributed by atoms with E-state index < -0.39 is 5.97 Å². The van der Waals surface area contributed by atoms with Gasteiger partial charge in [-0.05, 0) is 31.1 Å². The van der Waals surface area contributed by atoms with Gasteiger partial charge in [-0.25, -0.2) is 14.8 Å². The first-order chi connectivity index (χ1) is 9.56. The van der Waals surface area contributed by atoms with Crippen LogP contribution < -0.4 is 5.32 Å². The zero-order chi connectivity index (χ0) is 14.2. The predicted molar refractivity (Wildman–Crippen MR) is 72.5 cm³/mol. The lowest BCUT2D eigenvalue weighted by Gasteiger charge is -2.60. The van der Waals surface area contributed by atoms with Gasteiger partial charge in [0.2, 0.25) is 0 Å². The second-order valence-electron chi connectivity index (χ2n) is 6.31. The zero-order valence-electron chi connectivity index (χ0n) is 11.3. The molecular formula is C14H19N3O3. The molecule has 2 fully saturated rings. The summed E-state index contributed by atoms with van der Waals surface area (Å²) >= 11 is 0. The summed E-state index contributed by atoms with van der Waals surface area (Å²) in [6.07, 6.45) is 8.71. The molecule has 0 aliphatic heterocycles. The van der Waals surface area contributed by atoms with Crippen molar-refractivity contribution in [3.05, 3.63) is 18.1 Å². The van der Waals surface area contributed by atoms with Gasteiger partial charge in [0.15, 0.2) is 5.69 Å². The van der Waals surface area contributed by atoms with Gasteiger partial charge in [-0.1, -0.05) is 6.42 Å². The number of aliphatic hydroxyl groups is 1. The van der Waals surface area contributed by atoms with Crippen LogP contribution in [0, 0.1) is 10.8 Å². The number of nitrogens with zero attached hydrogens (tertiary/aromatic N) is 2. The summed E-state index contributed by atoms with van der Waals surface area (Å²) in [7, 11) is 0. The molecule has 0 bridgehead atoms. The second kappa shape index (κ2) is 4.70. The van der Waals surface area contributed by atoms with E-state index in [-0.39, 0.29) is 17.7 Å². The Kier molecular flexibility index (Phi) is 3.12. The lowest BCUT2D eigenvalue weighted by atomic mass is 9.45. The molecule has 108 valence electrons. The number of hydrogen-bond acceptors (Lipinski definition) is 5. The van der Waals surface area contributed by atoms with Crippen LogP contribution in [0.3, 0.4) is 0 Å². The molecule has 2 saturated carbocycles. The van der Waals surface area contributed by atoms with E-state index >= 15 is 0 Å². The molecule has 1 aromatic rings. The first-order valence-electron chi connectivity index (χ1n) is 6.97. The summed E-state index contributed by atoms with van der Waals surface area (Å²) in [5.74, 6) is -0.529. The van der Waals surface area contributed by atoms with Crippen molar-refractivity contribution in [2.75, 3.05) is 18.5 Å². The SMILES string of the molecule is O=C(O)c1cnc(NCC2(CO)CC3(CCC3)C2)cn1. The molecule has 2 aliphatic rings. The van der Waals surface area contributed by atoms with Crippen LogP contribution in [0.2, 0.25) is 0 Å². The first kappa shape index (κ1) is 13.3. The van der Waals surface area contributed by atoms with Crippen molar-refractivity contribution < 1.29 is 15.0 Å². The van der Waals surface area contributed by atoms with Gasteiger partial charge in [0, 0.05) is 12.0 Å². The first-order valence-corrected chi connectivity index (χ1v) is 6.97. The Morgan fingerprint density at radius 2 is 2.05 bits per heavy atom. The van der Waals surface area contributed by atoms with E-state index in [9.17, 15) is 9.90 Å². The number of rotatable bonds is 5. The number of carbonyl (C=O) groups is 1. The number of carboxylic acid groups (broad SMARTS) is 1. The monoisotopic (exact) mass is 277 g/mol. The fourth-order valence-electron chi connectivity index (χ4n) is 3.67. The molecule has 3 rings (SSSR count). The van der Waals surface area contributed by atoms with Crippen LogP contribution in [-0.4, -0.2) is 39.3 Å². The smallest absolute Gasteiger partial charge is 0.356 e. The van der Waals surface area contributed by atoms with Gasteiger partial charge in [-0.2, -0.15) is 0 Å². The molecule has 0 saturated heterocycles. The fraction of sp³-hybridized carbons (Fsp3) is 0.643. The third-order valence-electron chi connectivity index (χ3n) is 4.77. The fourth-order valence-corrected chi connectivity index (χ4v) is 3.67. The Bertz CT molecular complexity index is 503. The lowest BCUT2D eigenvalue weighted by molar-refractivity contribution is -0.113. The van der Waals surface area contributed by atoms with E-state index in [1.807, 2.05) is 0 Å². The number of aromatic nitrogens is 2. The van der Waals surface area contributed by atoms with E-state index in [1.54, 1.807) is 0 Å². The Labute approximate surface area is 117 Å². The second-order valence-corrected chi connectivity index (χ2v) is 6.31. The van der Waals surface area contributed by atoms with E-state index in [0.717, 1.165) is 12.8 Å². The van der Waals surface area contributed by atoms with Gasteiger partial charge in [0.25, 0.3) is 0 Å². The Balaban J connectivity index is 1.57. The van der Waals surface area contributed by atoms with Gasteiger partial charge < -0.3 is 15.5 Å². The minimum atomic E-state index is -1.08. The molecule has 0 aromatic carbocycles. The molecule has 3 N–H and O–H groups in total. The zero-order valence-corrected chi connectivity index (χ0v) is 11.3. The Hall–Kier alpha value is -1.69. The van der Waals surface area contributed by atoms with Crippen molar-refractivity contribution in [2.24, 2.45) is 10.8 Å². The molecule has 0 radical (unpaired) electrons. The van der Waals surface area contributed by atoms with Crippen LogP contribution in [0.15, 0.2) is 12.4 Å². The Morgan fingerprint density at radius 1 is 1.30 bits per heavy atom. The average molecular weight is 277 g/mol. The number of carboxylic acids is 1. The van der Waals surface area contributed by atoms with Crippen molar-refractivity contribution in [3.63, 3.8) is 0 Å². The topological polar surface area (TPSA) is 95.3 Å². The highest BCUT2D eigenvalue weighted by Gasteiger charge is 2.56. The largest absolute Gasteiger partial charge is 0.476 e. The molecule has 1 spiro atoms. The van der Waals surface area contributed by atoms with Crippen molar-refractivity contribution in [2.45, 2.75) is 32.1 Å². The molecule has 0 atom stereocenters. The van der Waals surface area contributed by atoms with Crippen LogP contribution >= 0.6 is 0 Å². The highest BCUT2D eigenvalue weighted by molar-refractivity contribution is 5.84. The van der Waals surface area contributed by atoms with Gasteiger partial charge in [-0.15, -0.1) is 0 Å². The van der Waals surface area contributed by atoms with Crippen molar-refractivity contribution in [1.82, 2.24) is 9.97 Å². The molecule has 2 aliphatic carbocycles. The maximum Gasteiger partial charge on any atom is 0.356 e. The quantitative estimate of drug-likeness (QED) is 0.755. The highest BCUT2D eigenvalue weighted by atomic mass is 16.4. The molecule has 1 aromatic heterocycles. The normalized spacial score (nSPS) is 21.9. The number of nitrogens with one attached hydrogen (secondary N) is 1. The van der Waals surface area contributed by atoms with Crippen LogP contribution in [0.4, 0.5) is 5.82 Å². The standard InChI is InChI=1S/C14H19N3O3/c18-9-14(6-13(7-14)2-1-3-13)8-17-11-5-15-10(4-16-11)12(19)20/h4-5,18H,1-3,6-9H2,(H,16,17)(H,19,20). The third-order valence-corrected chi connectivity index (χ3v) is 4.77. The molecule has 0 amide bonds. The van der Waals surface area contributed by atoms with Crippen molar-refractivity contribution in [3.8, 4) is 0 Å². The molecule has 6 heteroatoms. The summed E-state index contributed by atoms with van der Waals surface area (Å²) in [5.41, 5.74) is 0.390. The van der Waals surface area contributed by atoms with Crippen LogP contribution in [-0.2, 0) is 0 Å².